The van der Waals surface area contributed by atoms with Gasteiger partial charge >= 0.3 is 6.03 Å². The average molecular weight is 416 g/mol. The van der Waals surface area contributed by atoms with Crippen molar-refractivity contribution >= 4 is 50.6 Å². The van der Waals surface area contributed by atoms with E-state index in [0.29, 0.717) is 10.7 Å². The number of phenols is 1. The molecule has 26 heavy (non-hydrogen) atoms. The molecule has 1 aliphatic carbocycles. The maximum atomic E-state index is 12.4. The van der Waals surface area contributed by atoms with Crippen LogP contribution < -0.4 is 15.4 Å². The van der Waals surface area contributed by atoms with Crippen LogP contribution in [0.5, 0.6) is 5.75 Å². The van der Waals surface area contributed by atoms with Gasteiger partial charge in [-0.25, -0.2) is 17.9 Å². The standard InChI is InChI=1S/C16H15Cl2N3O4S/c17-10-3-1-2-4-12(10)19-16(23)20-13-8-7-11(18)15(14(13)22)26(24,25)21-9-5-6-9/h1-4,7-9,21-22H,5-6H2,(H2,19,20,23). The molecule has 0 heterocycles. The number of para-hydroxylation sites is 1. The molecule has 1 fully saturated rings. The maximum Gasteiger partial charge on any atom is 0.323 e. The first-order valence-electron chi connectivity index (χ1n) is 7.64. The van der Waals surface area contributed by atoms with Crippen molar-refractivity contribution in [2.24, 2.45) is 0 Å². The van der Waals surface area contributed by atoms with E-state index in [0.717, 1.165) is 12.8 Å². The summed E-state index contributed by atoms with van der Waals surface area (Å²) in [5, 5.41) is 15.4. The largest absolute Gasteiger partial charge is 0.504 e. The number of amides is 2. The van der Waals surface area contributed by atoms with Crippen LogP contribution in [0.25, 0.3) is 0 Å². The zero-order chi connectivity index (χ0) is 18.9. The number of carbonyl (C=O) groups excluding carboxylic acids is 1. The normalized spacial score (nSPS) is 14.1. The quantitative estimate of drug-likeness (QED) is 0.557. The lowest BCUT2D eigenvalue weighted by molar-refractivity contribution is 0.262. The van der Waals surface area contributed by atoms with Gasteiger partial charge in [-0.3, -0.25) is 0 Å². The fraction of sp³-hybridized carbons (Fsp3) is 0.188. The van der Waals surface area contributed by atoms with Crippen LogP contribution in [-0.4, -0.2) is 25.6 Å². The lowest BCUT2D eigenvalue weighted by Crippen LogP contribution is -2.26. The van der Waals surface area contributed by atoms with Gasteiger partial charge in [0.2, 0.25) is 10.0 Å². The zero-order valence-corrected chi connectivity index (χ0v) is 15.6. The molecule has 4 N–H and O–H groups in total. The van der Waals surface area contributed by atoms with Crippen LogP contribution in [0, 0.1) is 0 Å². The summed E-state index contributed by atoms with van der Waals surface area (Å²) >= 11 is 11.9. The Kier molecular flexibility index (Phi) is 5.29. The first-order valence-corrected chi connectivity index (χ1v) is 9.88. The lowest BCUT2D eigenvalue weighted by Gasteiger charge is -2.14. The molecule has 0 bridgehead atoms. The monoisotopic (exact) mass is 415 g/mol. The highest BCUT2D eigenvalue weighted by Crippen LogP contribution is 2.38. The van der Waals surface area contributed by atoms with Crippen molar-refractivity contribution in [3.63, 3.8) is 0 Å². The van der Waals surface area contributed by atoms with E-state index >= 15 is 0 Å². The number of rotatable bonds is 5. The molecular formula is C16H15Cl2N3O4S. The molecule has 2 amide bonds. The predicted molar refractivity (Wildman–Crippen MR) is 101 cm³/mol. The zero-order valence-electron chi connectivity index (χ0n) is 13.3. The molecule has 7 nitrogen and oxygen atoms in total. The van der Waals surface area contributed by atoms with E-state index in [2.05, 4.69) is 15.4 Å². The van der Waals surface area contributed by atoms with E-state index < -0.39 is 26.7 Å². The van der Waals surface area contributed by atoms with Crippen molar-refractivity contribution in [2.45, 2.75) is 23.8 Å². The van der Waals surface area contributed by atoms with Crippen LogP contribution in [0.2, 0.25) is 10.0 Å². The number of carbonyl (C=O) groups is 1. The summed E-state index contributed by atoms with van der Waals surface area (Å²) in [6, 6.07) is 8.33. The SMILES string of the molecule is O=C(Nc1ccccc1Cl)Nc1ccc(Cl)c(S(=O)(=O)NC2CC2)c1O. The molecule has 0 aliphatic heterocycles. The van der Waals surface area contributed by atoms with Crippen molar-refractivity contribution in [3.8, 4) is 5.75 Å². The molecule has 2 aromatic rings. The minimum absolute atomic E-state index is 0.102. The summed E-state index contributed by atoms with van der Waals surface area (Å²) in [7, 11) is -4.01. The summed E-state index contributed by atoms with van der Waals surface area (Å²) in [6.07, 6.45) is 1.46. The molecule has 2 aromatic carbocycles. The van der Waals surface area contributed by atoms with Gasteiger partial charge in [0.05, 0.1) is 21.4 Å². The smallest absolute Gasteiger partial charge is 0.323 e. The Morgan fingerprint density at radius 2 is 1.65 bits per heavy atom. The molecule has 0 saturated heterocycles. The second-order valence-electron chi connectivity index (χ2n) is 5.73. The molecule has 1 saturated carbocycles. The van der Waals surface area contributed by atoms with Gasteiger partial charge in [-0.05, 0) is 37.1 Å². The maximum absolute atomic E-state index is 12.4. The van der Waals surface area contributed by atoms with Gasteiger partial charge in [0.25, 0.3) is 0 Å². The second kappa shape index (κ2) is 7.32. The van der Waals surface area contributed by atoms with Crippen molar-refractivity contribution in [1.82, 2.24) is 4.72 Å². The van der Waals surface area contributed by atoms with E-state index in [1.165, 1.54) is 12.1 Å². The first kappa shape index (κ1) is 18.8. The molecule has 138 valence electrons. The average Bonchev–Trinajstić information content (AvgIpc) is 3.35. The Hall–Kier alpha value is -2.00. The van der Waals surface area contributed by atoms with E-state index in [1.54, 1.807) is 24.3 Å². The number of aromatic hydroxyl groups is 1. The van der Waals surface area contributed by atoms with Crippen LogP contribution >= 0.6 is 23.2 Å². The third-order valence-electron chi connectivity index (χ3n) is 3.62. The van der Waals surface area contributed by atoms with E-state index in [1.807, 2.05) is 0 Å². The summed E-state index contributed by atoms with van der Waals surface area (Å²) < 4.78 is 27.2. The highest BCUT2D eigenvalue weighted by atomic mass is 35.5. The highest BCUT2D eigenvalue weighted by Gasteiger charge is 2.32. The molecule has 0 atom stereocenters. The molecule has 0 unspecified atom stereocenters. The second-order valence-corrected chi connectivity index (χ2v) is 8.19. The number of anilines is 2. The number of benzene rings is 2. The van der Waals surface area contributed by atoms with Gasteiger partial charge in [-0.2, -0.15) is 0 Å². The number of sulfonamides is 1. The van der Waals surface area contributed by atoms with E-state index in [4.69, 9.17) is 23.2 Å². The van der Waals surface area contributed by atoms with Gasteiger partial charge in [0.1, 0.15) is 4.90 Å². The lowest BCUT2D eigenvalue weighted by atomic mass is 10.3. The van der Waals surface area contributed by atoms with E-state index in [9.17, 15) is 18.3 Å². The Morgan fingerprint density at radius 1 is 1.00 bits per heavy atom. The number of hydrogen-bond acceptors (Lipinski definition) is 4. The summed E-state index contributed by atoms with van der Waals surface area (Å²) in [6.45, 7) is 0. The Bertz CT molecular complexity index is 962. The van der Waals surface area contributed by atoms with Gasteiger partial charge in [0.15, 0.2) is 5.75 Å². The minimum Gasteiger partial charge on any atom is -0.504 e. The number of urea groups is 1. The molecule has 0 radical (unpaired) electrons. The molecule has 0 spiro atoms. The number of hydrogen-bond donors (Lipinski definition) is 4. The third kappa shape index (κ3) is 4.21. The third-order valence-corrected chi connectivity index (χ3v) is 5.97. The van der Waals surface area contributed by atoms with Gasteiger partial charge < -0.3 is 15.7 Å². The molecule has 0 aromatic heterocycles. The Balaban J connectivity index is 1.83. The van der Waals surface area contributed by atoms with Gasteiger partial charge in [-0.1, -0.05) is 35.3 Å². The topological polar surface area (TPSA) is 108 Å². The van der Waals surface area contributed by atoms with Crippen molar-refractivity contribution in [3.05, 3.63) is 46.4 Å². The van der Waals surface area contributed by atoms with Crippen LogP contribution in [0.1, 0.15) is 12.8 Å². The van der Waals surface area contributed by atoms with E-state index in [-0.39, 0.29) is 16.8 Å². The number of halogens is 2. The van der Waals surface area contributed by atoms with Gasteiger partial charge in [0, 0.05) is 6.04 Å². The van der Waals surface area contributed by atoms with Crippen LogP contribution in [0.3, 0.4) is 0 Å². The molecule has 3 rings (SSSR count). The minimum atomic E-state index is -4.01. The predicted octanol–water partition coefficient (Wildman–Crippen LogP) is 3.78. The molecular weight excluding hydrogens is 401 g/mol. The fourth-order valence-electron chi connectivity index (χ4n) is 2.22. The van der Waals surface area contributed by atoms with Crippen LogP contribution in [0.15, 0.2) is 41.3 Å². The van der Waals surface area contributed by atoms with Gasteiger partial charge in [-0.15, -0.1) is 0 Å². The van der Waals surface area contributed by atoms with Crippen molar-refractivity contribution in [2.75, 3.05) is 10.6 Å². The summed E-state index contributed by atoms with van der Waals surface area (Å²) in [5.41, 5.74) is 0.262. The summed E-state index contributed by atoms with van der Waals surface area (Å²) in [4.78, 5) is 11.7. The fourth-order valence-corrected chi connectivity index (χ4v) is 4.34. The highest BCUT2D eigenvalue weighted by molar-refractivity contribution is 7.89. The van der Waals surface area contributed by atoms with Crippen molar-refractivity contribution in [1.29, 1.82) is 0 Å². The Labute approximate surface area is 160 Å². The number of nitrogens with one attached hydrogen (secondary N) is 3. The summed E-state index contributed by atoms with van der Waals surface area (Å²) in [5.74, 6) is -0.639. The van der Waals surface area contributed by atoms with Crippen molar-refractivity contribution < 1.29 is 18.3 Å². The van der Waals surface area contributed by atoms with Crippen LogP contribution in [0.4, 0.5) is 16.2 Å². The Morgan fingerprint density at radius 3 is 2.31 bits per heavy atom. The molecule has 10 heteroatoms. The number of phenolic OH excluding ortho intramolecular Hbond substituents is 1. The molecule has 1 aliphatic rings. The van der Waals surface area contributed by atoms with Crippen LogP contribution in [-0.2, 0) is 10.0 Å². The first-order chi connectivity index (χ1) is 12.3.